The minimum Gasteiger partial charge on any atom is -0.478 e. The Bertz CT molecular complexity index is 1230. The van der Waals surface area contributed by atoms with Gasteiger partial charge in [-0.15, -0.1) is 0 Å². The fraction of sp³-hybridized carbons (Fsp3) is 0.0455. The molecule has 0 atom stereocenters. The summed E-state index contributed by atoms with van der Waals surface area (Å²) in [6.07, 6.45) is 1.49. The lowest BCUT2D eigenvalue weighted by Gasteiger charge is -2.12. The molecule has 31 heavy (non-hydrogen) atoms. The SMILES string of the molecule is O=C(O)c1ccc(Cl)c(-c2ccc(/C=C3\SC(=O)N(Cc4ccc(Br)cc4)C3=O)o2)c1. The van der Waals surface area contributed by atoms with Crippen LogP contribution in [0.1, 0.15) is 21.7 Å². The molecule has 4 rings (SSSR count). The Morgan fingerprint density at radius 3 is 2.58 bits per heavy atom. The number of imide groups is 1. The summed E-state index contributed by atoms with van der Waals surface area (Å²) in [5.74, 6) is -0.778. The quantitative estimate of drug-likeness (QED) is 0.399. The van der Waals surface area contributed by atoms with Gasteiger partial charge >= 0.3 is 5.97 Å². The Morgan fingerprint density at radius 1 is 1.13 bits per heavy atom. The maximum absolute atomic E-state index is 12.7. The van der Waals surface area contributed by atoms with Crippen LogP contribution in [0.25, 0.3) is 17.4 Å². The number of carbonyl (C=O) groups is 3. The van der Waals surface area contributed by atoms with Crippen LogP contribution >= 0.6 is 39.3 Å². The second-order valence-corrected chi connectivity index (χ2v) is 8.91. The molecular formula is C22H13BrClNO5S. The zero-order chi connectivity index (χ0) is 22.1. The molecule has 1 saturated heterocycles. The smallest absolute Gasteiger partial charge is 0.335 e. The van der Waals surface area contributed by atoms with Gasteiger partial charge in [-0.1, -0.05) is 39.7 Å². The molecule has 1 fully saturated rings. The molecule has 0 bridgehead atoms. The van der Waals surface area contributed by atoms with Crippen molar-refractivity contribution in [2.45, 2.75) is 6.54 Å². The molecule has 9 heteroatoms. The van der Waals surface area contributed by atoms with Crippen molar-refractivity contribution in [2.24, 2.45) is 0 Å². The first-order chi connectivity index (χ1) is 14.8. The van der Waals surface area contributed by atoms with Gasteiger partial charge in [-0.3, -0.25) is 14.5 Å². The van der Waals surface area contributed by atoms with Gasteiger partial charge in [-0.05, 0) is 59.8 Å². The third-order valence-corrected chi connectivity index (χ3v) is 6.27. The van der Waals surface area contributed by atoms with Crippen LogP contribution < -0.4 is 0 Å². The molecule has 156 valence electrons. The number of carboxylic acid groups (broad SMARTS) is 1. The Hall–Kier alpha value is -2.81. The van der Waals surface area contributed by atoms with Crippen LogP contribution in [0.3, 0.4) is 0 Å². The minimum absolute atomic E-state index is 0.0754. The third kappa shape index (κ3) is 4.61. The van der Waals surface area contributed by atoms with E-state index < -0.39 is 11.9 Å². The van der Waals surface area contributed by atoms with E-state index in [0.29, 0.717) is 22.1 Å². The molecule has 1 aromatic heterocycles. The van der Waals surface area contributed by atoms with Gasteiger partial charge < -0.3 is 9.52 Å². The van der Waals surface area contributed by atoms with E-state index in [4.69, 9.17) is 16.0 Å². The van der Waals surface area contributed by atoms with Gasteiger partial charge in [0.2, 0.25) is 0 Å². The first-order valence-electron chi connectivity index (χ1n) is 8.94. The number of furan rings is 1. The molecule has 0 aliphatic carbocycles. The average Bonchev–Trinajstić information content (AvgIpc) is 3.30. The molecule has 2 amide bonds. The molecule has 0 saturated carbocycles. The van der Waals surface area contributed by atoms with Crippen molar-refractivity contribution in [1.82, 2.24) is 4.90 Å². The van der Waals surface area contributed by atoms with Gasteiger partial charge in [0.15, 0.2) is 0 Å². The lowest BCUT2D eigenvalue weighted by Crippen LogP contribution is -2.27. The van der Waals surface area contributed by atoms with E-state index in [1.54, 1.807) is 12.1 Å². The molecule has 0 spiro atoms. The predicted octanol–water partition coefficient (Wildman–Crippen LogP) is 6.30. The third-order valence-electron chi connectivity index (χ3n) is 4.51. The van der Waals surface area contributed by atoms with Gasteiger partial charge in [-0.2, -0.15) is 0 Å². The van der Waals surface area contributed by atoms with Gasteiger partial charge in [0.05, 0.1) is 22.0 Å². The van der Waals surface area contributed by atoms with E-state index in [9.17, 15) is 19.5 Å². The summed E-state index contributed by atoms with van der Waals surface area (Å²) in [6, 6.07) is 14.9. The van der Waals surface area contributed by atoms with Crippen LogP contribution in [0, 0.1) is 0 Å². The van der Waals surface area contributed by atoms with Crippen LogP contribution in [0.4, 0.5) is 4.79 Å². The second-order valence-electron chi connectivity index (χ2n) is 6.60. The normalized spacial score (nSPS) is 15.2. The molecule has 1 aliphatic heterocycles. The summed E-state index contributed by atoms with van der Waals surface area (Å²) in [6.45, 7) is 0.177. The van der Waals surface area contributed by atoms with Gasteiger partial charge in [-0.25, -0.2) is 4.79 Å². The van der Waals surface area contributed by atoms with Gasteiger partial charge in [0.25, 0.3) is 11.1 Å². The molecule has 2 heterocycles. The number of nitrogens with zero attached hydrogens (tertiary/aromatic N) is 1. The van der Waals surface area contributed by atoms with E-state index in [1.807, 2.05) is 24.3 Å². The van der Waals surface area contributed by atoms with Crippen LogP contribution in [0.5, 0.6) is 0 Å². The topological polar surface area (TPSA) is 87.8 Å². The first kappa shape index (κ1) is 21.4. The average molecular weight is 519 g/mol. The number of carbonyl (C=O) groups excluding carboxylic acids is 2. The monoisotopic (exact) mass is 517 g/mol. The minimum atomic E-state index is -1.08. The molecule has 1 aliphatic rings. The van der Waals surface area contributed by atoms with Crippen molar-refractivity contribution in [1.29, 1.82) is 0 Å². The van der Waals surface area contributed by atoms with Crippen LogP contribution in [0.2, 0.25) is 5.02 Å². The number of halogens is 2. The van der Waals surface area contributed by atoms with Crippen molar-refractivity contribution >= 4 is 62.5 Å². The number of aromatic carboxylic acids is 1. The fourth-order valence-electron chi connectivity index (χ4n) is 2.96. The largest absolute Gasteiger partial charge is 0.478 e. The molecule has 1 N–H and O–H groups in total. The molecule has 3 aromatic rings. The fourth-order valence-corrected chi connectivity index (χ4v) is 4.25. The van der Waals surface area contributed by atoms with Crippen LogP contribution in [-0.2, 0) is 11.3 Å². The van der Waals surface area contributed by atoms with Crippen molar-refractivity contribution in [3.8, 4) is 11.3 Å². The van der Waals surface area contributed by atoms with E-state index in [-0.39, 0.29) is 22.3 Å². The molecule has 6 nitrogen and oxygen atoms in total. The summed E-state index contributed by atoms with van der Waals surface area (Å²) in [4.78, 5) is 37.7. The number of amides is 2. The van der Waals surface area contributed by atoms with Crippen LogP contribution in [0.15, 0.2) is 68.4 Å². The van der Waals surface area contributed by atoms with Crippen molar-refractivity contribution in [2.75, 3.05) is 0 Å². The Kier molecular flexibility index (Phi) is 6.04. The van der Waals surface area contributed by atoms with Crippen LogP contribution in [-0.4, -0.2) is 27.1 Å². The summed E-state index contributed by atoms with van der Waals surface area (Å²) in [5.41, 5.74) is 1.33. The summed E-state index contributed by atoms with van der Waals surface area (Å²) in [5, 5.41) is 9.15. The maximum Gasteiger partial charge on any atom is 0.335 e. The Labute approximate surface area is 194 Å². The molecule has 0 unspecified atom stereocenters. The van der Waals surface area contributed by atoms with Crippen molar-refractivity contribution < 1.29 is 23.9 Å². The summed E-state index contributed by atoms with van der Waals surface area (Å²) in [7, 11) is 0. The molecule has 0 radical (unpaired) electrons. The summed E-state index contributed by atoms with van der Waals surface area (Å²) >= 11 is 10.4. The highest BCUT2D eigenvalue weighted by Gasteiger charge is 2.35. The number of rotatable bonds is 5. The van der Waals surface area contributed by atoms with E-state index >= 15 is 0 Å². The Balaban J connectivity index is 1.56. The number of hydrogen-bond acceptors (Lipinski definition) is 5. The molecule has 2 aromatic carbocycles. The highest BCUT2D eigenvalue weighted by Crippen LogP contribution is 2.35. The number of benzene rings is 2. The molecular weight excluding hydrogens is 506 g/mol. The summed E-state index contributed by atoms with van der Waals surface area (Å²) < 4.78 is 6.65. The highest BCUT2D eigenvalue weighted by atomic mass is 79.9. The van der Waals surface area contributed by atoms with E-state index in [1.165, 1.54) is 29.2 Å². The lowest BCUT2D eigenvalue weighted by molar-refractivity contribution is -0.123. The number of thioether (sulfide) groups is 1. The predicted molar refractivity (Wildman–Crippen MR) is 122 cm³/mol. The standard InChI is InChI=1S/C22H13BrClNO5S/c23-14-4-1-12(2-5-14)11-25-20(26)19(31-22(25)29)10-15-6-8-18(30-15)16-9-13(21(27)28)3-7-17(16)24/h1-10H,11H2,(H,27,28)/b19-10-. The van der Waals surface area contributed by atoms with Gasteiger partial charge in [0, 0.05) is 16.1 Å². The second kappa shape index (κ2) is 8.74. The lowest BCUT2D eigenvalue weighted by atomic mass is 10.1. The van der Waals surface area contributed by atoms with Gasteiger partial charge in [0.1, 0.15) is 11.5 Å². The Morgan fingerprint density at radius 2 is 1.87 bits per heavy atom. The zero-order valence-electron chi connectivity index (χ0n) is 15.7. The van der Waals surface area contributed by atoms with E-state index in [2.05, 4.69) is 15.9 Å². The number of carboxylic acids is 1. The highest BCUT2D eigenvalue weighted by molar-refractivity contribution is 9.10. The zero-order valence-corrected chi connectivity index (χ0v) is 18.8. The number of hydrogen-bond donors (Lipinski definition) is 1. The first-order valence-corrected chi connectivity index (χ1v) is 10.9. The van der Waals surface area contributed by atoms with E-state index in [0.717, 1.165) is 21.8 Å². The van der Waals surface area contributed by atoms with Crippen molar-refractivity contribution in [3.63, 3.8) is 0 Å². The maximum atomic E-state index is 12.7. The van der Waals surface area contributed by atoms with Crippen molar-refractivity contribution in [3.05, 3.63) is 85.9 Å².